The topological polar surface area (TPSA) is 76.1 Å². The third-order valence-electron chi connectivity index (χ3n) is 5.31. The summed E-state index contributed by atoms with van der Waals surface area (Å²) in [6.07, 6.45) is 0. The van der Waals surface area contributed by atoms with E-state index in [2.05, 4.69) is 15.9 Å². The molecule has 0 aliphatic carbocycles. The van der Waals surface area contributed by atoms with Crippen LogP contribution in [0.15, 0.2) is 70.0 Å². The van der Waals surface area contributed by atoms with Gasteiger partial charge in [0.15, 0.2) is 0 Å². The van der Waals surface area contributed by atoms with Gasteiger partial charge in [-0.1, -0.05) is 24.3 Å². The van der Waals surface area contributed by atoms with E-state index in [0.29, 0.717) is 21.5 Å². The molecule has 1 aliphatic rings. The first-order valence-corrected chi connectivity index (χ1v) is 11.4. The number of nitrogens with zero attached hydrogens (tertiary/aromatic N) is 1. The number of hydrogen-bond donors (Lipinski definition) is 1. The van der Waals surface area contributed by atoms with Crippen molar-refractivity contribution in [2.75, 3.05) is 14.2 Å². The minimum atomic E-state index is -0.720. The highest BCUT2D eigenvalue weighted by Crippen LogP contribution is 2.43. The molecule has 0 spiro atoms. The van der Waals surface area contributed by atoms with E-state index in [0.717, 1.165) is 10.4 Å². The second-order valence-corrected chi connectivity index (χ2v) is 8.94. The second kappa shape index (κ2) is 9.18. The summed E-state index contributed by atoms with van der Waals surface area (Å²) in [5.41, 5.74) is 1.24. The van der Waals surface area contributed by atoms with Crippen LogP contribution in [-0.4, -0.2) is 35.9 Å². The van der Waals surface area contributed by atoms with E-state index in [9.17, 15) is 14.7 Å². The second-order valence-electron chi connectivity index (χ2n) is 7.10. The van der Waals surface area contributed by atoms with E-state index in [1.165, 1.54) is 16.2 Å². The van der Waals surface area contributed by atoms with E-state index < -0.39 is 17.7 Å². The fourth-order valence-electron chi connectivity index (χ4n) is 3.77. The number of hydrogen-bond acceptors (Lipinski definition) is 6. The molecular formula is C24H20BrNO5S. The molecule has 1 N–H and O–H groups in total. The Morgan fingerprint density at radius 2 is 1.81 bits per heavy atom. The van der Waals surface area contributed by atoms with E-state index >= 15 is 0 Å². The zero-order chi connectivity index (χ0) is 22.8. The summed E-state index contributed by atoms with van der Waals surface area (Å²) in [6.45, 7) is 0.167. The number of methoxy groups -OCH3 is 2. The molecule has 4 rings (SSSR count). The molecule has 2 heterocycles. The number of carbonyl (C=O) groups is 2. The minimum Gasteiger partial charge on any atom is -0.507 e. The average molecular weight is 514 g/mol. The number of carbonyl (C=O) groups excluding carboxylic acids is 2. The molecule has 2 aromatic carbocycles. The van der Waals surface area contributed by atoms with E-state index in [4.69, 9.17) is 9.47 Å². The lowest BCUT2D eigenvalue weighted by Crippen LogP contribution is -2.29. The lowest BCUT2D eigenvalue weighted by molar-refractivity contribution is -0.140. The van der Waals surface area contributed by atoms with Crippen molar-refractivity contribution in [3.63, 3.8) is 0 Å². The number of rotatable bonds is 6. The Morgan fingerprint density at radius 1 is 1.06 bits per heavy atom. The minimum absolute atomic E-state index is 0.0596. The van der Waals surface area contributed by atoms with E-state index in [1.807, 2.05) is 35.7 Å². The Labute approximate surface area is 197 Å². The molecule has 1 amide bonds. The van der Waals surface area contributed by atoms with Gasteiger partial charge >= 0.3 is 0 Å². The van der Waals surface area contributed by atoms with Crippen LogP contribution in [0.2, 0.25) is 0 Å². The molecule has 0 radical (unpaired) electrons. The number of Topliss-reactive ketones (excluding diaryl/α,β-unsaturated/α-hetero) is 1. The Bertz CT molecular complexity index is 1200. The summed E-state index contributed by atoms with van der Waals surface area (Å²) in [7, 11) is 3.10. The number of ether oxygens (including phenoxy) is 2. The molecule has 1 saturated heterocycles. The van der Waals surface area contributed by atoms with Gasteiger partial charge in [-0.05, 0) is 51.6 Å². The van der Waals surface area contributed by atoms with Crippen LogP contribution in [0.1, 0.15) is 22.0 Å². The molecule has 1 unspecified atom stereocenters. The lowest BCUT2D eigenvalue weighted by atomic mass is 9.99. The van der Waals surface area contributed by atoms with Crippen molar-refractivity contribution in [3.8, 4) is 11.5 Å². The number of amides is 1. The Balaban J connectivity index is 1.83. The summed E-state index contributed by atoms with van der Waals surface area (Å²) >= 11 is 4.83. The lowest BCUT2D eigenvalue weighted by Gasteiger charge is -2.25. The van der Waals surface area contributed by atoms with Gasteiger partial charge in [-0.25, -0.2) is 0 Å². The fourth-order valence-corrected chi connectivity index (χ4v) is 5.16. The van der Waals surface area contributed by atoms with Gasteiger partial charge in [-0.15, -0.1) is 11.3 Å². The van der Waals surface area contributed by atoms with Crippen LogP contribution >= 0.6 is 27.3 Å². The maximum Gasteiger partial charge on any atom is 0.295 e. The number of benzene rings is 2. The number of aliphatic hydroxyl groups excluding tert-OH is 1. The highest BCUT2D eigenvalue weighted by atomic mass is 79.9. The Kier molecular flexibility index (Phi) is 6.34. The van der Waals surface area contributed by atoms with Gasteiger partial charge in [0.25, 0.3) is 11.7 Å². The number of ketones is 1. The van der Waals surface area contributed by atoms with E-state index in [-0.39, 0.29) is 17.9 Å². The van der Waals surface area contributed by atoms with Gasteiger partial charge in [0, 0.05) is 16.0 Å². The zero-order valence-electron chi connectivity index (χ0n) is 17.4. The van der Waals surface area contributed by atoms with Crippen molar-refractivity contribution < 1.29 is 24.2 Å². The fraction of sp³-hybridized carbons (Fsp3) is 0.167. The number of para-hydroxylation sites is 1. The summed E-state index contributed by atoms with van der Waals surface area (Å²) in [5, 5.41) is 13.0. The van der Waals surface area contributed by atoms with Crippen LogP contribution in [0.25, 0.3) is 5.76 Å². The molecule has 1 atom stereocenters. The summed E-state index contributed by atoms with van der Waals surface area (Å²) in [5.74, 6) is -0.398. The highest BCUT2D eigenvalue weighted by molar-refractivity contribution is 9.10. The van der Waals surface area contributed by atoms with Crippen LogP contribution < -0.4 is 9.47 Å². The first-order valence-electron chi connectivity index (χ1n) is 9.74. The predicted molar refractivity (Wildman–Crippen MR) is 126 cm³/mol. The molecule has 1 aromatic heterocycles. The molecule has 1 fully saturated rings. The number of halogens is 1. The summed E-state index contributed by atoms with van der Waals surface area (Å²) in [4.78, 5) is 28.5. The van der Waals surface area contributed by atoms with E-state index in [1.54, 1.807) is 38.5 Å². The Hall–Kier alpha value is -3.10. The maximum atomic E-state index is 13.1. The van der Waals surface area contributed by atoms with Crippen LogP contribution in [0.4, 0.5) is 0 Å². The predicted octanol–water partition coefficient (Wildman–Crippen LogP) is 5.15. The molecule has 32 heavy (non-hydrogen) atoms. The molecule has 1 aliphatic heterocycles. The van der Waals surface area contributed by atoms with Gasteiger partial charge in [0.2, 0.25) is 0 Å². The normalized spacial score (nSPS) is 17.6. The summed E-state index contributed by atoms with van der Waals surface area (Å²) < 4.78 is 11.3. The van der Waals surface area contributed by atoms with Gasteiger partial charge < -0.3 is 19.5 Å². The summed E-state index contributed by atoms with van der Waals surface area (Å²) in [6, 6.07) is 15.3. The number of aliphatic hydroxyl groups is 1. The van der Waals surface area contributed by atoms with Crippen molar-refractivity contribution >= 4 is 44.7 Å². The van der Waals surface area contributed by atoms with Crippen LogP contribution in [-0.2, 0) is 16.1 Å². The van der Waals surface area contributed by atoms with Crippen molar-refractivity contribution in [1.82, 2.24) is 4.90 Å². The van der Waals surface area contributed by atoms with Gasteiger partial charge in [-0.2, -0.15) is 0 Å². The van der Waals surface area contributed by atoms with Gasteiger partial charge in [0.05, 0.1) is 36.9 Å². The molecular weight excluding hydrogens is 494 g/mol. The van der Waals surface area contributed by atoms with Crippen LogP contribution in [0.3, 0.4) is 0 Å². The molecule has 0 bridgehead atoms. The third kappa shape index (κ3) is 3.91. The largest absolute Gasteiger partial charge is 0.507 e. The SMILES string of the molecule is COc1ccc(/C(O)=C2/C(=O)C(=O)N(Cc3ccccc3OC)C2c2cccs2)cc1Br. The smallest absolute Gasteiger partial charge is 0.295 e. The van der Waals surface area contributed by atoms with Crippen molar-refractivity contribution in [2.24, 2.45) is 0 Å². The van der Waals surface area contributed by atoms with Gasteiger partial charge in [0.1, 0.15) is 17.3 Å². The first kappa shape index (κ1) is 22.1. The molecule has 0 saturated carbocycles. The van der Waals surface area contributed by atoms with Crippen molar-refractivity contribution in [1.29, 1.82) is 0 Å². The number of likely N-dealkylation sites (tertiary alicyclic amines) is 1. The average Bonchev–Trinajstić information content (AvgIpc) is 3.41. The monoisotopic (exact) mass is 513 g/mol. The van der Waals surface area contributed by atoms with Crippen molar-refractivity contribution in [2.45, 2.75) is 12.6 Å². The molecule has 3 aromatic rings. The Morgan fingerprint density at radius 3 is 2.47 bits per heavy atom. The van der Waals surface area contributed by atoms with Crippen molar-refractivity contribution in [3.05, 3.63) is 86.0 Å². The molecule has 8 heteroatoms. The molecule has 6 nitrogen and oxygen atoms in total. The highest BCUT2D eigenvalue weighted by Gasteiger charge is 2.46. The van der Waals surface area contributed by atoms with Crippen LogP contribution in [0.5, 0.6) is 11.5 Å². The zero-order valence-corrected chi connectivity index (χ0v) is 19.8. The quantitative estimate of drug-likeness (QED) is 0.280. The standard InChI is InChI=1S/C24H20BrNO5S/c1-30-17-7-4-3-6-15(17)13-26-21(19-8-5-11-32-19)20(23(28)24(26)29)22(27)14-9-10-18(31-2)16(25)12-14/h3-12,21,27H,13H2,1-2H3/b22-20-. The maximum absolute atomic E-state index is 13.1. The first-order chi connectivity index (χ1) is 15.5. The third-order valence-corrected chi connectivity index (χ3v) is 6.86. The molecule has 164 valence electrons. The van der Waals surface area contributed by atoms with Gasteiger partial charge in [-0.3, -0.25) is 9.59 Å². The number of thiophene rings is 1. The van der Waals surface area contributed by atoms with Crippen LogP contribution in [0, 0.1) is 0 Å².